The second kappa shape index (κ2) is 6.44. The number of benzene rings is 1. The first-order valence-corrected chi connectivity index (χ1v) is 6.90. The molecule has 0 fully saturated rings. The third-order valence-corrected chi connectivity index (χ3v) is 3.08. The fourth-order valence-corrected chi connectivity index (χ4v) is 1.90. The van der Waals surface area contributed by atoms with Gasteiger partial charge in [-0.15, -0.1) is 0 Å². The Hall–Kier alpha value is -2.68. The molecule has 0 atom stereocenters. The van der Waals surface area contributed by atoms with Crippen LogP contribution < -0.4 is 4.74 Å². The van der Waals surface area contributed by atoms with Crippen LogP contribution in [0.5, 0.6) is 5.88 Å². The Balaban J connectivity index is 1.68. The topological polar surface area (TPSA) is 73.9 Å². The van der Waals surface area contributed by atoms with Gasteiger partial charge in [-0.2, -0.15) is 18.2 Å². The van der Waals surface area contributed by atoms with Crippen LogP contribution in [0.25, 0.3) is 11.4 Å². The van der Waals surface area contributed by atoms with Gasteiger partial charge in [-0.1, -0.05) is 41.0 Å². The molecule has 0 aliphatic rings. The van der Waals surface area contributed by atoms with Crippen molar-refractivity contribution in [3.63, 3.8) is 0 Å². The van der Waals surface area contributed by atoms with Crippen LogP contribution in [0.15, 0.2) is 41.2 Å². The first-order chi connectivity index (χ1) is 11.4. The van der Waals surface area contributed by atoms with Crippen LogP contribution in [0.2, 0.25) is 5.15 Å². The molecule has 0 amide bonds. The quantitative estimate of drug-likeness (QED) is 0.662. The second-order valence-electron chi connectivity index (χ2n) is 4.59. The fourth-order valence-electron chi connectivity index (χ4n) is 1.76. The van der Waals surface area contributed by atoms with Gasteiger partial charge in [0.2, 0.25) is 11.7 Å². The van der Waals surface area contributed by atoms with Crippen molar-refractivity contribution >= 4 is 11.6 Å². The van der Waals surface area contributed by atoms with Crippen molar-refractivity contribution in [1.82, 2.24) is 20.1 Å². The molecule has 2 heterocycles. The minimum absolute atomic E-state index is 0.141. The van der Waals surface area contributed by atoms with Gasteiger partial charge in [0.1, 0.15) is 18.1 Å². The lowest BCUT2D eigenvalue weighted by Crippen LogP contribution is -2.04. The number of hydrogen-bond acceptors (Lipinski definition) is 6. The molecule has 0 saturated carbocycles. The van der Waals surface area contributed by atoms with Crippen molar-refractivity contribution in [1.29, 1.82) is 0 Å². The maximum Gasteiger partial charge on any atom is 0.471 e. The number of alkyl halides is 3. The van der Waals surface area contributed by atoms with Crippen LogP contribution in [-0.4, -0.2) is 20.1 Å². The van der Waals surface area contributed by atoms with Gasteiger partial charge in [-0.3, -0.25) is 0 Å². The molecule has 0 aliphatic heterocycles. The van der Waals surface area contributed by atoms with Crippen LogP contribution in [0.1, 0.15) is 11.5 Å². The van der Waals surface area contributed by atoms with Crippen molar-refractivity contribution in [2.24, 2.45) is 0 Å². The first-order valence-electron chi connectivity index (χ1n) is 6.52. The summed E-state index contributed by atoms with van der Waals surface area (Å²) in [4.78, 5) is 10.9. The summed E-state index contributed by atoms with van der Waals surface area (Å²) in [6, 6.07) is 7.94. The molecular formula is C14H8ClF3N4O2. The predicted molar refractivity (Wildman–Crippen MR) is 76.1 cm³/mol. The zero-order chi connectivity index (χ0) is 17.2. The van der Waals surface area contributed by atoms with Crippen molar-refractivity contribution in [3.05, 3.63) is 53.3 Å². The molecule has 0 radical (unpaired) electrons. The lowest BCUT2D eigenvalue weighted by atomic mass is 10.1. The summed E-state index contributed by atoms with van der Waals surface area (Å²) in [5.74, 6) is -1.21. The van der Waals surface area contributed by atoms with Gasteiger partial charge in [0.05, 0.1) is 0 Å². The Morgan fingerprint density at radius 1 is 1.12 bits per heavy atom. The van der Waals surface area contributed by atoms with E-state index in [0.717, 1.165) is 5.56 Å². The minimum atomic E-state index is -4.67. The number of aromatic nitrogens is 4. The molecule has 0 unspecified atom stereocenters. The van der Waals surface area contributed by atoms with E-state index in [9.17, 15) is 13.2 Å². The molecule has 6 nitrogen and oxygen atoms in total. The largest absolute Gasteiger partial charge is 0.473 e. The van der Waals surface area contributed by atoms with Crippen LogP contribution in [0.4, 0.5) is 13.2 Å². The maximum absolute atomic E-state index is 12.4. The average Bonchev–Trinajstić information content (AvgIpc) is 3.04. The number of ether oxygens (including phenoxy) is 1. The van der Waals surface area contributed by atoms with Crippen molar-refractivity contribution < 1.29 is 22.4 Å². The molecule has 0 aliphatic carbocycles. The van der Waals surface area contributed by atoms with Crippen molar-refractivity contribution in [2.75, 3.05) is 0 Å². The van der Waals surface area contributed by atoms with E-state index in [2.05, 4.69) is 24.6 Å². The van der Waals surface area contributed by atoms with Gasteiger partial charge in [0, 0.05) is 11.6 Å². The van der Waals surface area contributed by atoms with Crippen LogP contribution >= 0.6 is 11.6 Å². The fraction of sp³-hybridized carbons (Fsp3) is 0.143. The average molecular weight is 357 g/mol. The lowest BCUT2D eigenvalue weighted by molar-refractivity contribution is -0.159. The molecule has 124 valence electrons. The Bertz CT molecular complexity index is 837. The van der Waals surface area contributed by atoms with Gasteiger partial charge in [0.15, 0.2) is 0 Å². The molecule has 10 heteroatoms. The van der Waals surface area contributed by atoms with E-state index in [0.29, 0.717) is 11.4 Å². The molecule has 3 aromatic rings. The summed E-state index contributed by atoms with van der Waals surface area (Å²) in [6.07, 6.45) is -3.40. The summed E-state index contributed by atoms with van der Waals surface area (Å²) in [7, 11) is 0. The molecule has 0 N–H and O–H groups in total. The SMILES string of the molecule is FC(F)(F)c1nc(-c2ccc(COc3cc(Cl)ncn3)cc2)no1. The van der Waals surface area contributed by atoms with E-state index in [1.807, 2.05) is 0 Å². The Labute approximate surface area is 138 Å². The number of nitrogens with zero attached hydrogens (tertiary/aromatic N) is 4. The zero-order valence-electron chi connectivity index (χ0n) is 11.8. The standard InChI is InChI=1S/C14H8ClF3N4O2/c15-10-5-11(20-7-19-10)23-6-8-1-3-9(4-2-8)12-21-13(24-22-12)14(16,17)18/h1-5,7H,6H2. The highest BCUT2D eigenvalue weighted by molar-refractivity contribution is 6.29. The van der Waals surface area contributed by atoms with E-state index in [1.165, 1.54) is 12.4 Å². The van der Waals surface area contributed by atoms with E-state index in [1.54, 1.807) is 24.3 Å². The van der Waals surface area contributed by atoms with Gasteiger partial charge in [-0.05, 0) is 5.56 Å². The Morgan fingerprint density at radius 3 is 2.50 bits per heavy atom. The maximum atomic E-state index is 12.4. The minimum Gasteiger partial charge on any atom is -0.473 e. The number of rotatable bonds is 4. The molecule has 24 heavy (non-hydrogen) atoms. The molecule has 0 saturated heterocycles. The molecule has 2 aromatic heterocycles. The lowest BCUT2D eigenvalue weighted by Gasteiger charge is -2.05. The number of hydrogen-bond donors (Lipinski definition) is 0. The first kappa shape index (κ1) is 16.2. The summed E-state index contributed by atoms with van der Waals surface area (Å²) < 4.78 is 46.9. The summed E-state index contributed by atoms with van der Waals surface area (Å²) >= 11 is 5.72. The van der Waals surface area contributed by atoms with Gasteiger partial charge >= 0.3 is 12.1 Å². The Kier molecular flexibility index (Phi) is 4.34. The summed E-state index contributed by atoms with van der Waals surface area (Å²) in [5.41, 5.74) is 1.16. The second-order valence-corrected chi connectivity index (χ2v) is 4.97. The highest BCUT2D eigenvalue weighted by atomic mass is 35.5. The van der Waals surface area contributed by atoms with Gasteiger partial charge in [-0.25, -0.2) is 9.97 Å². The predicted octanol–water partition coefficient (Wildman–Crippen LogP) is 3.78. The smallest absolute Gasteiger partial charge is 0.471 e. The third kappa shape index (κ3) is 3.80. The Morgan fingerprint density at radius 2 is 1.88 bits per heavy atom. The molecule has 3 rings (SSSR count). The zero-order valence-corrected chi connectivity index (χ0v) is 12.5. The van der Waals surface area contributed by atoms with E-state index in [4.69, 9.17) is 16.3 Å². The van der Waals surface area contributed by atoms with E-state index < -0.39 is 12.1 Å². The monoisotopic (exact) mass is 356 g/mol. The van der Waals surface area contributed by atoms with E-state index in [-0.39, 0.29) is 17.6 Å². The highest BCUT2D eigenvalue weighted by Gasteiger charge is 2.38. The third-order valence-electron chi connectivity index (χ3n) is 2.88. The molecule has 1 aromatic carbocycles. The molecule has 0 bridgehead atoms. The van der Waals surface area contributed by atoms with Crippen LogP contribution in [-0.2, 0) is 12.8 Å². The van der Waals surface area contributed by atoms with E-state index >= 15 is 0 Å². The van der Waals surface area contributed by atoms with Gasteiger partial charge < -0.3 is 9.26 Å². The van der Waals surface area contributed by atoms with Crippen LogP contribution in [0.3, 0.4) is 0 Å². The summed E-state index contributed by atoms with van der Waals surface area (Å²) in [6.45, 7) is 0.202. The van der Waals surface area contributed by atoms with Crippen molar-refractivity contribution in [3.8, 4) is 17.3 Å². The highest BCUT2D eigenvalue weighted by Crippen LogP contribution is 2.29. The normalized spacial score (nSPS) is 11.5. The summed E-state index contributed by atoms with van der Waals surface area (Å²) in [5, 5.41) is 3.57. The number of halogens is 4. The van der Waals surface area contributed by atoms with Gasteiger partial charge in [0.25, 0.3) is 0 Å². The molecular weight excluding hydrogens is 349 g/mol. The van der Waals surface area contributed by atoms with Crippen LogP contribution in [0, 0.1) is 0 Å². The van der Waals surface area contributed by atoms with Crippen molar-refractivity contribution in [2.45, 2.75) is 12.8 Å². The molecule has 0 spiro atoms.